The van der Waals surface area contributed by atoms with Crippen molar-refractivity contribution in [3.63, 3.8) is 0 Å². The van der Waals surface area contributed by atoms with E-state index < -0.39 is 23.3 Å². The van der Waals surface area contributed by atoms with Gasteiger partial charge >= 0.3 is 12.1 Å². The molecule has 0 atom stereocenters. The summed E-state index contributed by atoms with van der Waals surface area (Å²) >= 11 is 0. The van der Waals surface area contributed by atoms with Gasteiger partial charge in [0, 0.05) is 0 Å². The van der Waals surface area contributed by atoms with Crippen LogP contribution in [-0.2, 0) is 16.4 Å². The summed E-state index contributed by atoms with van der Waals surface area (Å²) < 4.78 is 37.7. The number of hydrogen-bond acceptors (Lipinski definition) is 2. The molecule has 1 fully saturated rings. The van der Waals surface area contributed by atoms with E-state index in [0.717, 1.165) is 6.07 Å². The number of alkyl halides is 3. The van der Waals surface area contributed by atoms with E-state index in [9.17, 15) is 23.1 Å². The van der Waals surface area contributed by atoms with E-state index in [4.69, 9.17) is 0 Å². The summed E-state index contributed by atoms with van der Waals surface area (Å²) in [6, 6.07) is 3.44. The zero-order valence-corrected chi connectivity index (χ0v) is 9.50. The summed E-state index contributed by atoms with van der Waals surface area (Å²) in [7, 11) is 0. The van der Waals surface area contributed by atoms with E-state index in [1.54, 1.807) is 0 Å². The maximum Gasteiger partial charge on any atom is 0.433 e. The highest BCUT2D eigenvalue weighted by Gasteiger charge is 2.45. The van der Waals surface area contributed by atoms with Crippen molar-refractivity contribution in [1.82, 2.24) is 4.98 Å². The van der Waals surface area contributed by atoms with Crippen molar-refractivity contribution in [3.8, 4) is 0 Å². The highest BCUT2D eigenvalue weighted by atomic mass is 19.4. The lowest BCUT2D eigenvalue weighted by Gasteiger charge is -2.23. The van der Waals surface area contributed by atoms with Crippen LogP contribution < -0.4 is 0 Å². The number of halogens is 3. The third-order valence-corrected chi connectivity index (χ3v) is 3.40. The van der Waals surface area contributed by atoms with E-state index in [2.05, 4.69) is 4.98 Å². The zero-order valence-electron chi connectivity index (χ0n) is 9.50. The first kappa shape index (κ1) is 12.9. The third-order valence-electron chi connectivity index (χ3n) is 3.40. The van der Waals surface area contributed by atoms with Gasteiger partial charge in [0.25, 0.3) is 0 Å². The number of aromatic nitrogens is 1. The van der Waals surface area contributed by atoms with Crippen LogP contribution in [0.1, 0.15) is 37.1 Å². The topological polar surface area (TPSA) is 50.2 Å². The molecule has 0 aromatic carbocycles. The van der Waals surface area contributed by atoms with Gasteiger partial charge in [-0.2, -0.15) is 13.2 Å². The van der Waals surface area contributed by atoms with Crippen LogP contribution in [0.2, 0.25) is 0 Å². The molecule has 1 saturated carbocycles. The maximum absolute atomic E-state index is 12.6. The van der Waals surface area contributed by atoms with Crippen LogP contribution in [0.4, 0.5) is 13.2 Å². The number of nitrogens with zero attached hydrogens (tertiary/aromatic N) is 1. The van der Waals surface area contributed by atoms with Gasteiger partial charge in [0.1, 0.15) is 11.1 Å². The molecule has 18 heavy (non-hydrogen) atoms. The Hall–Kier alpha value is -1.59. The van der Waals surface area contributed by atoms with Gasteiger partial charge in [-0.25, -0.2) is 4.98 Å². The van der Waals surface area contributed by atoms with Gasteiger partial charge in [-0.1, -0.05) is 18.9 Å². The number of pyridine rings is 1. The molecule has 0 bridgehead atoms. The molecule has 1 heterocycles. The molecule has 98 valence electrons. The molecule has 2 rings (SSSR count). The van der Waals surface area contributed by atoms with Gasteiger partial charge in [0.15, 0.2) is 0 Å². The van der Waals surface area contributed by atoms with E-state index in [1.165, 1.54) is 12.1 Å². The van der Waals surface area contributed by atoms with Gasteiger partial charge in [-0.05, 0) is 25.0 Å². The molecular weight excluding hydrogens is 247 g/mol. The molecule has 0 radical (unpaired) electrons. The van der Waals surface area contributed by atoms with E-state index in [0.29, 0.717) is 25.7 Å². The van der Waals surface area contributed by atoms with Crippen molar-refractivity contribution in [2.75, 3.05) is 0 Å². The van der Waals surface area contributed by atoms with Gasteiger partial charge < -0.3 is 5.11 Å². The first-order chi connectivity index (χ1) is 8.36. The molecule has 0 saturated heterocycles. The summed E-state index contributed by atoms with van der Waals surface area (Å²) in [5.41, 5.74) is -2.27. The van der Waals surface area contributed by atoms with Crippen molar-refractivity contribution < 1.29 is 23.1 Å². The fraction of sp³-hybridized carbons (Fsp3) is 0.500. The molecule has 1 aliphatic rings. The fourth-order valence-electron chi connectivity index (χ4n) is 2.42. The molecule has 1 aliphatic carbocycles. The summed E-state index contributed by atoms with van der Waals surface area (Å²) in [5.74, 6) is -1.09. The Morgan fingerprint density at radius 3 is 2.39 bits per heavy atom. The minimum atomic E-state index is -4.55. The molecule has 0 aliphatic heterocycles. The summed E-state index contributed by atoms with van der Waals surface area (Å²) in [6.45, 7) is 0. The zero-order chi connectivity index (χ0) is 13.4. The SMILES string of the molecule is O=C(O)C1(c2cccc(C(F)(F)F)n2)CCCC1. The summed E-state index contributed by atoms with van der Waals surface area (Å²) in [4.78, 5) is 14.9. The van der Waals surface area contributed by atoms with Crippen LogP contribution >= 0.6 is 0 Å². The summed E-state index contributed by atoms with van der Waals surface area (Å²) in [5, 5.41) is 9.29. The molecule has 1 aromatic rings. The Labute approximate surface area is 102 Å². The van der Waals surface area contributed by atoms with Crippen LogP contribution in [0.25, 0.3) is 0 Å². The molecule has 1 N–H and O–H groups in total. The second-order valence-electron chi connectivity index (χ2n) is 4.50. The Kier molecular flexibility index (Phi) is 3.04. The van der Waals surface area contributed by atoms with Gasteiger partial charge in [-0.15, -0.1) is 0 Å². The highest BCUT2D eigenvalue weighted by molar-refractivity contribution is 5.81. The van der Waals surface area contributed by atoms with Gasteiger partial charge in [0.05, 0.1) is 5.69 Å². The number of carboxylic acids is 1. The lowest BCUT2D eigenvalue weighted by Crippen LogP contribution is -2.34. The summed E-state index contributed by atoms with van der Waals surface area (Å²) in [6.07, 6.45) is -2.46. The Morgan fingerprint density at radius 1 is 1.28 bits per heavy atom. The Bertz CT molecular complexity index is 465. The standard InChI is InChI=1S/C12H12F3NO2/c13-12(14,15)9-5-3-4-8(16-9)11(10(17)18)6-1-2-7-11/h3-5H,1-2,6-7H2,(H,17,18). The molecule has 0 spiro atoms. The minimum absolute atomic E-state index is 0.0160. The number of hydrogen-bond donors (Lipinski definition) is 1. The van der Waals surface area contributed by atoms with Crippen LogP contribution in [-0.4, -0.2) is 16.1 Å². The monoisotopic (exact) mass is 259 g/mol. The Morgan fingerprint density at radius 2 is 1.89 bits per heavy atom. The number of aliphatic carboxylic acids is 1. The number of rotatable bonds is 2. The largest absolute Gasteiger partial charge is 0.481 e. The average Bonchev–Trinajstić information content (AvgIpc) is 2.78. The average molecular weight is 259 g/mol. The van der Waals surface area contributed by atoms with Gasteiger partial charge in [-0.3, -0.25) is 4.79 Å². The minimum Gasteiger partial charge on any atom is -0.481 e. The van der Waals surface area contributed by atoms with Crippen LogP contribution in [0, 0.1) is 0 Å². The van der Waals surface area contributed by atoms with E-state index in [1.807, 2.05) is 0 Å². The fourth-order valence-corrected chi connectivity index (χ4v) is 2.42. The van der Waals surface area contributed by atoms with Crippen LogP contribution in [0.3, 0.4) is 0 Å². The second kappa shape index (κ2) is 4.26. The maximum atomic E-state index is 12.6. The molecule has 3 nitrogen and oxygen atoms in total. The van der Waals surface area contributed by atoms with Gasteiger partial charge in [0.2, 0.25) is 0 Å². The quantitative estimate of drug-likeness (QED) is 0.888. The lowest BCUT2D eigenvalue weighted by molar-refractivity contribution is -0.145. The van der Waals surface area contributed by atoms with E-state index >= 15 is 0 Å². The predicted molar refractivity (Wildman–Crippen MR) is 57.0 cm³/mol. The van der Waals surface area contributed by atoms with Crippen molar-refractivity contribution in [2.24, 2.45) is 0 Å². The Balaban J connectivity index is 2.47. The first-order valence-electron chi connectivity index (χ1n) is 5.64. The number of carboxylic acid groups (broad SMARTS) is 1. The molecule has 1 aromatic heterocycles. The first-order valence-corrected chi connectivity index (χ1v) is 5.64. The second-order valence-corrected chi connectivity index (χ2v) is 4.50. The van der Waals surface area contributed by atoms with Crippen LogP contribution in [0.15, 0.2) is 18.2 Å². The smallest absolute Gasteiger partial charge is 0.433 e. The molecule has 0 amide bonds. The molecule has 6 heteroatoms. The van der Waals surface area contributed by atoms with Crippen LogP contribution in [0.5, 0.6) is 0 Å². The molecular formula is C12H12F3NO2. The van der Waals surface area contributed by atoms with Crippen molar-refractivity contribution in [3.05, 3.63) is 29.6 Å². The normalized spacial score (nSPS) is 18.8. The highest BCUT2D eigenvalue weighted by Crippen LogP contribution is 2.41. The third kappa shape index (κ3) is 2.07. The van der Waals surface area contributed by atoms with E-state index in [-0.39, 0.29) is 5.69 Å². The predicted octanol–water partition coefficient (Wildman–Crippen LogP) is 3.00. The lowest BCUT2D eigenvalue weighted by atomic mass is 9.82. The van der Waals surface area contributed by atoms with Crippen molar-refractivity contribution in [1.29, 1.82) is 0 Å². The van der Waals surface area contributed by atoms with Crippen molar-refractivity contribution >= 4 is 5.97 Å². The number of carbonyl (C=O) groups is 1. The molecule has 0 unspecified atom stereocenters. The van der Waals surface area contributed by atoms with Crippen molar-refractivity contribution in [2.45, 2.75) is 37.3 Å².